The van der Waals surface area contributed by atoms with E-state index in [0.29, 0.717) is 13.0 Å². The number of amides is 1. The molecule has 17 heavy (non-hydrogen) atoms. The van der Waals surface area contributed by atoms with Crippen molar-refractivity contribution in [3.8, 4) is 0 Å². The van der Waals surface area contributed by atoms with E-state index in [1.807, 2.05) is 12.3 Å². The molecule has 0 aromatic carbocycles. The minimum absolute atomic E-state index is 0.0902. The number of rotatable bonds is 5. The molecule has 7 heteroatoms. The number of carbonyl (C=O) groups excluding carboxylic acids is 1. The molecule has 0 radical (unpaired) electrons. The number of nitrogens with two attached hydrogens (primary N) is 1. The molecule has 0 saturated carbocycles. The zero-order valence-electron chi connectivity index (χ0n) is 9.80. The highest BCUT2D eigenvalue weighted by molar-refractivity contribution is 7.09. The third-order valence-electron chi connectivity index (χ3n) is 2.26. The number of hydrogen-bond acceptors (Lipinski definition) is 5. The smallest absolute Gasteiger partial charge is 0.230 e. The predicted molar refractivity (Wildman–Crippen MR) is 66.1 cm³/mol. The summed E-state index contributed by atoms with van der Waals surface area (Å²) in [4.78, 5) is 15.8. The lowest BCUT2D eigenvalue weighted by atomic mass is 10.1. The van der Waals surface area contributed by atoms with Gasteiger partial charge in [-0.2, -0.15) is 0 Å². The van der Waals surface area contributed by atoms with Crippen molar-refractivity contribution in [2.75, 3.05) is 6.54 Å². The van der Waals surface area contributed by atoms with Crippen molar-refractivity contribution in [3.63, 3.8) is 0 Å². The highest BCUT2D eigenvalue weighted by atomic mass is 32.1. The SMILES string of the molecule is Cc1csc(CCNC(=O)C(C)C(N)=NO)n1. The molecule has 0 saturated heterocycles. The molecule has 1 rings (SSSR count). The lowest BCUT2D eigenvalue weighted by Gasteiger charge is -2.09. The highest BCUT2D eigenvalue weighted by Gasteiger charge is 2.16. The van der Waals surface area contributed by atoms with Crippen molar-refractivity contribution >= 4 is 23.1 Å². The van der Waals surface area contributed by atoms with Crippen LogP contribution in [0.4, 0.5) is 0 Å². The third-order valence-corrected chi connectivity index (χ3v) is 3.28. The molecule has 0 spiro atoms. The van der Waals surface area contributed by atoms with E-state index in [4.69, 9.17) is 10.9 Å². The Hall–Kier alpha value is -1.63. The van der Waals surface area contributed by atoms with Gasteiger partial charge in [-0.3, -0.25) is 4.79 Å². The number of thiazole rings is 1. The Labute approximate surface area is 104 Å². The number of aryl methyl sites for hydroxylation is 1. The maximum absolute atomic E-state index is 11.5. The van der Waals surface area contributed by atoms with E-state index in [-0.39, 0.29) is 11.7 Å². The molecule has 94 valence electrons. The molecule has 6 nitrogen and oxygen atoms in total. The molecule has 4 N–H and O–H groups in total. The lowest BCUT2D eigenvalue weighted by molar-refractivity contribution is -0.122. The molecule has 0 aliphatic heterocycles. The largest absolute Gasteiger partial charge is 0.409 e. The summed E-state index contributed by atoms with van der Waals surface area (Å²) in [6.45, 7) is 4.01. The van der Waals surface area contributed by atoms with Crippen LogP contribution in [0, 0.1) is 12.8 Å². The van der Waals surface area contributed by atoms with Crippen LogP contribution >= 0.6 is 11.3 Å². The summed E-state index contributed by atoms with van der Waals surface area (Å²) >= 11 is 1.57. The number of nitrogens with one attached hydrogen (secondary N) is 1. The molecule has 0 aliphatic carbocycles. The van der Waals surface area contributed by atoms with Gasteiger partial charge in [0.1, 0.15) is 0 Å². The Balaban J connectivity index is 2.34. The molecule has 1 atom stereocenters. The van der Waals surface area contributed by atoms with Crippen LogP contribution < -0.4 is 11.1 Å². The average Bonchev–Trinajstić information content (AvgIpc) is 2.72. The minimum atomic E-state index is -0.627. The predicted octanol–water partition coefficient (Wildman–Crippen LogP) is 0.493. The van der Waals surface area contributed by atoms with Gasteiger partial charge in [0.05, 0.1) is 10.9 Å². The Morgan fingerprint density at radius 3 is 3.00 bits per heavy atom. The van der Waals surface area contributed by atoms with Gasteiger partial charge in [0.2, 0.25) is 5.91 Å². The number of nitrogens with zero attached hydrogens (tertiary/aromatic N) is 2. The average molecular weight is 256 g/mol. The van der Waals surface area contributed by atoms with Crippen molar-refractivity contribution < 1.29 is 10.0 Å². The molecule has 1 aromatic heterocycles. The van der Waals surface area contributed by atoms with E-state index in [2.05, 4.69) is 15.5 Å². The molecule has 1 aromatic rings. The van der Waals surface area contributed by atoms with E-state index in [0.717, 1.165) is 10.7 Å². The second kappa shape index (κ2) is 6.19. The first-order chi connectivity index (χ1) is 8.04. The molecule has 1 amide bonds. The number of carbonyl (C=O) groups is 1. The normalized spacial score (nSPS) is 13.4. The first-order valence-electron chi connectivity index (χ1n) is 5.20. The van der Waals surface area contributed by atoms with E-state index in [1.165, 1.54) is 0 Å². The monoisotopic (exact) mass is 256 g/mol. The van der Waals surface area contributed by atoms with E-state index in [1.54, 1.807) is 18.3 Å². The van der Waals surface area contributed by atoms with Crippen molar-refractivity contribution in [2.45, 2.75) is 20.3 Å². The standard InChI is InChI=1S/C10H16N4O2S/c1-6-5-17-8(13-6)3-4-12-10(15)7(2)9(11)14-16/h5,7,16H,3-4H2,1-2H3,(H2,11,14)(H,12,15). The van der Waals surface area contributed by atoms with E-state index in [9.17, 15) is 4.79 Å². The van der Waals surface area contributed by atoms with Crippen LogP contribution in [-0.2, 0) is 11.2 Å². The summed E-state index contributed by atoms with van der Waals surface area (Å²) < 4.78 is 0. The fourth-order valence-corrected chi connectivity index (χ4v) is 1.96. The van der Waals surface area contributed by atoms with Gasteiger partial charge in [-0.15, -0.1) is 11.3 Å². The summed E-state index contributed by atoms with van der Waals surface area (Å²) in [5.41, 5.74) is 6.32. The van der Waals surface area contributed by atoms with Gasteiger partial charge in [-0.05, 0) is 13.8 Å². The van der Waals surface area contributed by atoms with Crippen LogP contribution in [0.25, 0.3) is 0 Å². The van der Waals surface area contributed by atoms with Gasteiger partial charge < -0.3 is 16.3 Å². The van der Waals surface area contributed by atoms with Crippen LogP contribution in [0.3, 0.4) is 0 Å². The van der Waals surface area contributed by atoms with Crippen LogP contribution in [0.5, 0.6) is 0 Å². The number of aromatic nitrogens is 1. The number of oxime groups is 1. The van der Waals surface area contributed by atoms with Gasteiger partial charge in [-0.1, -0.05) is 5.16 Å². The molecule has 1 unspecified atom stereocenters. The first kappa shape index (κ1) is 13.4. The minimum Gasteiger partial charge on any atom is -0.409 e. The van der Waals surface area contributed by atoms with Gasteiger partial charge in [0.25, 0.3) is 0 Å². The second-order valence-corrected chi connectivity index (χ2v) is 4.61. The highest BCUT2D eigenvalue weighted by Crippen LogP contribution is 2.08. The molecule has 0 aliphatic rings. The van der Waals surface area contributed by atoms with Crippen molar-refractivity contribution in [3.05, 3.63) is 16.1 Å². The lowest BCUT2D eigenvalue weighted by Crippen LogP contribution is -2.38. The van der Waals surface area contributed by atoms with Gasteiger partial charge in [0, 0.05) is 24.0 Å². The van der Waals surface area contributed by atoms with Crippen LogP contribution in [0.2, 0.25) is 0 Å². The topological polar surface area (TPSA) is 101 Å². The Bertz CT molecular complexity index is 416. The summed E-state index contributed by atoms with van der Waals surface area (Å²) in [6.07, 6.45) is 0.688. The quantitative estimate of drug-likeness (QED) is 0.309. The molecule has 1 heterocycles. The number of amidine groups is 1. The van der Waals surface area contributed by atoms with Crippen LogP contribution in [0.1, 0.15) is 17.6 Å². The van der Waals surface area contributed by atoms with Gasteiger partial charge >= 0.3 is 0 Å². The Morgan fingerprint density at radius 2 is 2.47 bits per heavy atom. The van der Waals surface area contributed by atoms with E-state index >= 15 is 0 Å². The zero-order valence-corrected chi connectivity index (χ0v) is 10.6. The Kier molecular flexibility index (Phi) is 4.89. The summed E-state index contributed by atoms with van der Waals surface area (Å²) in [6, 6.07) is 0. The second-order valence-electron chi connectivity index (χ2n) is 3.67. The van der Waals surface area contributed by atoms with Crippen molar-refractivity contribution in [1.82, 2.24) is 10.3 Å². The molecule has 0 bridgehead atoms. The first-order valence-corrected chi connectivity index (χ1v) is 6.08. The fraction of sp³-hybridized carbons (Fsp3) is 0.500. The van der Waals surface area contributed by atoms with Crippen molar-refractivity contribution in [2.24, 2.45) is 16.8 Å². The Morgan fingerprint density at radius 1 is 1.76 bits per heavy atom. The van der Waals surface area contributed by atoms with Crippen molar-refractivity contribution in [1.29, 1.82) is 0 Å². The zero-order chi connectivity index (χ0) is 12.8. The van der Waals surface area contributed by atoms with E-state index < -0.39 is 5.92 Å². The van der Waals surface area contributed by atoms with Gasteiger partial charge in [-0.25, -0.2) is 4.98 Å². The fourth-order valence-electron chi connectivity index (χ4n) is 1.18. The summed E-state index contributed by atoms with van der Waals surface area (Å²) in [5, 5.41) is 16.9. The maximum atomic E-state index is 11.5. The summed E-state index contributed by atoms with van der Waals surface area (Å²) in [5.74, 6) is -0.973. The molecular weight excluding hydrogens is 240 g/mol. The van der Waals surface area contributed by atoms with Crippen LogP contribution in [-0.4, -0.2) is 28.5 Å². The van der Waals surface area contributed by atoms with Gasteiger partial charge in [0.15, 0.2) is 5.84 Å². The summed E-state index contributed by atoms with van der Waals surface area (Å²) in [7, 11) is 0. The third kappa shape index (κ3) is 4.03. The molecule has 0 fully saturated rings. The van der Waals surface area contributed by atoms with Crippen LogP contribution in [0.15, 0.2) is 10.5 Å². The maximum Gasteiger partial charge on any atom is 0.230 e. The number of hydrogen-bond donors (Lipinski definition) is 3. The molecular formula is C10H16N4O2S.